The summed E-state index contributed by atoms with van der Waals surface area (Å²) >= 11 is 0. The Hall–Kier alpha value is -2.10. The van der Waals surface area contributed by atoms with Crippen molar-refractivity contribution in [2.75, 3.05) is 6.54 Å². The molecule has 2 aliphatic rings. The van der Waals surface area contributed by atoms with E-state index in [1.54, 1.807) is 17.1 Å². The molecular formula is C17H19N3O. The van der Waals surface area contributed by atoms with Gasteiger partial charge in [0.1, 0.15) is 6.54 Å². The van der Waals surface area contributed by atoms with Crippen LogP contribution < -0.4 is 5.32 Å². The molecule has 1 N–H and O–H groups in total. The van der Waals surface area contributed by atoms with Gasteiger partial charge in [-0.05, 0) is 36.3 Å². The molecule has 21 heavy (non-hydrogen) atoms. The maximum Gasteiger partial charge on any atom is 0.239 e. The third kappa shape index (κ3) is 2.15. The van der Waals surface area contributed by atoms with Crippen molar-refractivity contribution in [2.45, 2.75) is 31.2 Å². The fourth-order valence-electron chi connectivity index (χ4n) is 3.84. The van der Waals surface area contributed by atoms with Crippen LogP contribution in [-0.2, 0) is 23.2 Å². The lowest BCUT2D eigenvalue weighted by atomic mass is 9.95. The van der Waals surface area contributed by atoms with Gasteiger partial charge < -0.3 is 9.88 Å². The zero-order valence-corrected chi connectivity index (χ0v) is 12.0. The lowest BCUT2D eigenvalue weighted by molar-refractivity contribution is -0.121. The first-order valence-corrected chi connectivity index (χ1v) is 7.59. The first kappa shape index (κ1) is 12.6. The molecule has 0 radical (unpaired) electrons. The Morgan fingerprint density at radius 2 is 2.33 bits per heavy atom. The third-order valence-electron chi connectivity index (χ3n) is 5.06. The van der Waals surface area contributed by atoms with Gasteiger partial charge >= 0.3 is 0 Å². The number of hydrogen-bond acceptors (Lipinski definition) is 2. The molecule has 2 aromatic rings. The molecule has 1 aromatic heterocycles. The molecule has 1 fully saturated rings. The average molecular weight is 281 g/mol. The largest absolute Gasteiger partial charge is 0.354 e. The van der Waals surface area contributed by atoms with Gasteiger partial charge in [-0.25, -0.2) is 4.98 Å². The van der Waals surface area contributed by atoms with E-state index in [0.717, 1.165) is 6.54 Å². The zero-order chi connectivity index (χ0) is 14.3. The molecule has 2 aliphatic carbocycles. The summed E-state index contributed by atoms with van der Waals surface area (Å²) in [5.41, 5.74) is 3.39. The molecule has 1 amide bonds. The molecule has 1 saturated carbocycles. The number of imidazole rings is 1. The molecule has 1 aromatic carbocycles. The number of nitrogens with one attached hydrogen (secondary N) is 1. The van der Waals surface area contributed by atoms with Crippen molar-refractivity contribution in [3.05, 3.63) is 54.1 Å². The summed E-state index contributed by atoms with van der Waals surface area (Å²) in [6.07, 6.45) is 8.83. The number of rotatable bonds is 4. The van der Waals surface area contributed by atoms with Gasteiger partial charge in [-0.1, -0.05) is 24.3 Å². The van der Waals surface area contributed by atoms with Crippen molar-refractivity contribution in [2.24, 2.45) is 5.92 Å². The van der Waals surface area contributed by atoms with Crippen LogP contribution in [0.2, 0.25) is 0 Å². The minimum absolute atomic E-state index is 0.0707. The lowest BCUT2D eigenvalue weighted by Crippen LogP contribution is -2.30. The molecule has 0 bridgehead atoms. The Balaban J connectivity index is 1.35. The molecule has 4 nitrogen and oxygen atoms in total. The summed E-state index contributed by atoms with van der Waals surface area (Å²) in [4.78, 5) is 15.9. The highest BCUT2D eigenvalue weighted by molar-refractivity contribution is 5.75. The number of carbonyl (C=O) groups is 1. The van der Waals surface area contributed by atoms with Gasteiger partial charge in [0.15, 0.2) is 0 Å². The molecule has 4 rings (SSSR count). The van der Waals surface area contributed by atoms with Crippen molar-refractivity contribution >= 4 is 5.91 Å². The Labute approximate surface area is 124 Å². The molecule has 0 unspecified atom stereocenters. The van der Waals surface area contributed by atoms with Gasteiger partial charge in [-0.2, -0.15) is 0 Å². The van der Waals surface area contributed by atoms with Crippen LogP contribution in [0.5, 0.6) is 0 Å². The van der Waals surface area contributed by atoms with E-state index < -0.39 is 0 Å². The molecule has 4 heteroatoms. The second-order valence-corrected chi connectivity index (χ2v) is 6.25. The van der Waals surface area contributed by atoms with Crippen molar-refractivity contribution in [1.82, 2.24) is 14.9 Å². The molecule has 1 spiro atoms. The van der Waals surface area contributed by atoms with E-state index in [1.807, 2.05) is 6.20 Å². The number of carbonyl (C=O) groups excluding carboxylic acids is 1. The normalized spacial score (nSPS) is 25.8. The number of aryl methyl sites for hydroxylation is 1. The van der Waals surface area contributed by atoms with E-state index in [0.29, 0.717) is 17.9 Å². The molecule has 1 heterocycles. The van der Waals surface area contributed by atoms with E-state index in [-0.39, 0.29) is 5.91 Å². The first-order chi connectivity index (χ1) is 10.3. The number of benzene rings is 1. The van der Waals surface area contributed by atoms with Crippen molar-refractivity contribution in [1.29, 1.82) is 0 Å². The van der Waals surface area contributed by atoms with Crippen LogP contribution in [0.15, 0.2) is 43.0 Å². The van der Waals surface area contributed by atoms with Gasteiger partial charge in [-0.15, -0.1) is 0 Å². The van der Waals surface area contributed by atoms with Gasteiger partial charge in [-0.3, -0.25) is 4.79 Å². The fraction of sp³-hybridized carbons (Fsp3) is 0.412. The van der Waals surface area contributed by atoms with Crippen LogP contribution in [0.1, 0.15) is 24.0 Å². The number of amides is 1. The van der Waals surface area contributed by atoms with Crippen LogP contribution in [0.4, 0.5) is 0 Å². The van der Waals surface area contributed by atoms with Gasteiger partial charge in [0, 0.05) is 24.4 Å². The lowest BCUT2D eigenvalue weighted by Gasteiger charge is -2.12. The van der Waals surface area contributed by atoms with Crippen molar-refractivity contribution < 1.29 is 4.79 Å². The van der Waals surface area contributed by atoms with Crippen LogP contribution in [0.25, 0.3) is 0 Å². The second kappa shape index (κ2) is 4.72. The first-order valence-electron chi connectivity index (χ1n) is 7.59. The maximum atomic E-state index is 11.9. The highest BCUT2D eigenvalue weighted by Gasteiger charge is 2.57. The van der Waals surface area contributed by atoms with Crippen molar-refractivity contribution in [3.63, 3.8) is 0 Å². The van der Waals surface area contributed by atoms with Gasteiger partial charge in [0.05, 0.1) is 6.33 Å². The summed E-state index contributed by atoms with van der Waals surface area (Å²) < 4.78 is 1.79. The standard InChI is InChI=1S/C17H19N3O/c21-16(11-20-8-7-18-12-20)19-10-14-9-17(14)6-5-13-3-1-2-4-15(13)17/h1-4,7-8,12,14H,5-6,9-11H2,(H,19,21)/t14-,17+/m1/s1. The molecular weight excluding hydrogens is 262 g/mol. The highest BCUT2D eigenvalue weighted by Crippen LogP contribution is 2.61. The Kier molecular flexibility index (Phi) is 2.84. The van der Waals surface area contributed by atoms with E-state index in [4.69, 9.17) is 0 Å². The smallest absolute Gasteiger partial charge is 0.239 e. The topological polar surface area (TPSA) is 46.9 Å². The van der Waals surface area contributed by atoms with Gasteiger partial charge in [0.2, 0.25) is 5.91 Å². The summed E-state index contributed by atoms with van der Waals surface area (Å²) in [5.74, 6) is 0.675. The summed E-state index contributed by atoms with van der Waals surface area (Å²) in [6.45, 7) is 1.15. The predicted octanol–water partition coefficient (Wildman–Crippen LogP) is 1.90. The molecule has 0 saturated heterocycles. The Morgan fingerprint density at radius 1 is 1.43 bits per heavy atom. The molecule has 2 atom stereocenters. The van der Waals surface area contributed by atoms with E-state index in [9.17, 15) is 4.79 Å². The molecule has 108 valence electrons. The van der Waals surface area contributed by atoms with Crippen molar-refractivity contribution in [3.8, 4) is 0 Å². The number of aromatic nitrogens is 2. The minimum atomic E-state index is 0.0707. The summed E-state index contributed by atoms with van der Waals surface area (Å²) in [5, 5.41) is 3.08. The summed E-state index contributed by atoms with van der Waals surface area (Å²) in [6, 6.07) is 8.79. The highest BCUT2D eigenvalue weighted by atomic mass is 16.1. The SMILES string of the molecule is O=C(Cn1ccnc1)NC[C@H]1C[C@@]12CCc1ccccc12. The second-order valence-electron chi connectivity index (χ2n) is 6.25. The van der Waals surface area contributed by atoms with Crippen LogP contribution >= 0.6 is 0 Å². The maximum absolute atomic E-state index is 11.9. The Bertz CT molecular complexity index is 664. The Morgan fingerprint density at radius 3 is 3.19 bits per heavy atom. The molecule has 0 aliphatic heterocycles. The van der Waals surface area contributed by atoms with E-state index in [1.165, 1.54) is 30.4 Å². The quantitative estimate of drug-likeness (QED) is 0.930. The van der Waals surface area contributed by atoms with Crippen LogP contribution in [0, 0.1) is 5.92 Å². The van der Waals surface area contributed by atoms with Crippen LogP contribution in [-0.4, -0.2) is 22.0 Å². The fourth-order valence-corrected chi connectivity index (χ4v) is 3.84. The van der Waals surface area contributed by atoms with Crippen LogP contribution in [0.3, 0.4) is 0 Å². The minimum Gasteiger partial charge on any atom is -0.354 e. The average Bonchev–Trinajstić information content (AvgIpc) is 2.83. The monoisotopic (exact) mass is 281 g/mol. The van der Waals surface area contributed by atoms with Gasteiger partial charge in [0.25, 0.3) is 0 Å². The number of fused-ring (bicyclic) bond motifs is 2. The number of hydrogen-bond donors (Lipinski definition) is 1. The van der Waals surface area contributed by atoms with E-state index in [2.05, 4.69) is 34.6 Å². The third-order valence-corrected chi connectivity index (χ3v) is 5.06. The predicted molar refractivity (Wildman–Crippen MR) is 79.8 cm³/mol. The summed E-state index contributed by atoms with van der Waals surface area (Å²) in [7, 11) is 0. The van der Waals surface area contributed by atoms with E-state index >= 15 is 0 Å². The number of nitrogens with zero attached hydrogens (tertiary/aromatic N) is 2. The zero-order valence-electron chi connectivity index (χ0n) is 12.0.